The maximum Gasteiger partial charge on any atom is 0.222 e. The van der Waals surface area contributed by atoms with E-state index >= 15 is 0 Å². The Morgan fingerprint density at radius 2 is 2.38 bits per heavy atom. The van der Waals surface area contributed by atoms with Crippen LogP contribution in [0.25, 0.3) is 0 Å². The largest absolute Gasteiger partial charge is 0.380 e. The van der Waals surface area contributed by atoms with Crippen LogP contribution in [0.4, 0.5) is 5.95 Å². The molecule has 0 amide bonds. The summed E-state index contributed by atoms with van der Waals surface area (Å²) in [6.07, 6.45) is 1.74. The van der Waals surface area contributed by atoms with Gasteiger partial charge in [0.05, 0.1) is 6.61 Å². The zero-order valence-electron chi connectivity index (χ0n) is 8.08. The maximum absolute atomic E-state index is 5.17. The molecule has 1 aromatic rings. The molecular weight excluding hydrogens is 166 g/mol. The quantitative estimate of drug-likeness (QED) is 0.694. The van der Waals surface area contributed by atoms with Crippen LogP contribution < -0.4 is 5.32 Å². The number of nitrogens with zero attached hydrogens (tertiary/aromatic N) is 2. The van der Waals surface area contributed by atoms with E-state index in [0.29, 0.717) is 12.6 Å². The first kappa shape index (κ1) is 9.92. The van der Waals surface area contributed by atoms with E-state index in [-0.39, 0.29) is 0 Å². The van der Waals surface area contributed by atoms with Crippen molar-refractivity contribution in [2.45, 2.75) is 13.8 Å². The first-order valence-corrected chi connectivity index (χ1v) is 4.44. The highest BCUT2D eigenvalue weighted by molar-refractivity contribution is 5.24. The van der Waals surface area contributed by atoms with Gasteiger partial charge in [0.1, 0.15) is 0 Å². The molecule has 72 valence electrons. The molecule has 0 saturated carbocycles. The number of rotatable bonds is 5. The van der Waals surface area contributed by atoms with Crippen LogP contribution in [0.2, 0.25) is 0 Å². The van der Waals surface area contributed by atoms with Gasteiger partial charge in [-0.25, -0.2) is 9.97 Å². The van der Waals surface area contributed by atoms with Crippen LogP contribution in [0.3, 0.4) is 0 Å². The average Bonchev–Trinajstić information content (AvgIpc) is 2.13. The second kappa shape index (κ2) is 5.48. The van der Waals surface area contributed by atoms with Crippen molar-refractivity contribution in [2.24, 2.45) is 0 Å². The molecule has 4 heteroatoms. The lowest BCUT2D eigenvalue weighted by atomic mass is 10.5. The number of aryl methyl sites for hydroxylation is 1. The summed E-state index contributed by atoms with van der Waals surface area (Å²) in [6, 6.07) is 1.87. The van der Waals surface area contributed by atoms with E-state index in [4.69, 9.17) is 4.74 Å². The zero-order chi connectivity index (χ0) is 9.52. The van der Waals surface area contributed by atoms with Crippen molar-refractivity contribution in [3.8, 4) is 0 Å². The van der Waals surface area contributed by atoms with Crippen LogP contribution in [0.15, 0.2) is 12.3 Å². The van der Waals surface area contributed by atoms with Crippen molar-refractivity contribution in [3.05, 3.63) is 18.0 Å². The van der Waals surface area contributed by atoms with Crippen molar-refractivity contribution in [2.75, 3.05) is 25.1 Å². The normalized spacial score (nSPS) is 10.0. The Morgan fingerprint density at radius 1 is 1.54 bits per heavy atom. The summed E-state index contributed by atoms with van der Waals surface area (Å²) >= 11 is 0. The van der Waals surface area contributed by atoms with Crippen LogP contribution in [0.5, 0.6) is 0 Å². The number of hydrogen-bond donors (Lipinski definition) is 1. The molecule has 0 spiro atoms. The third-order valence-corrected chi connectivity index (χ3v) is 1.53. The van der Waals surface area contributed by atoms with Gasteiger partial charge >= 0.3 is 0 Å². The van der Waals surface area contributed by atoms with Crippen LogP contribution in [-0.4, -0.2) is 29.7 Å². The molecule has 0 saturated heterocycles. The third-order valence-electron chi connectivity index (χ3n) is 1.53. The zero-order valence-corrected chi connectivity index (χ0v) is 8.08. The van der Waals surface area contributed by atoms with Gasteiger partial charge in [-0.2, -0.15) is 0 Å². The molecule has 13 heavy (non-hydrogen) atoms. The van der Waals surface area contributed by atoms with Crippen LogP contribution in [0, 0.1) is 6.92 Å². The second-order valence-electron chi connectivity index (χ2n) is 2.65. The molecule has 0 aliphatic heterocycles. The molecule has 1 aromatic heterocycles. The lowest BCUT2D eigenvalue weighted by molar-refractivity contribution is 0.158. The Kier molecular flexibility index (Phi) is 4.18. The summed E-state index contributed by atoms with van der Waals surface area (Å²) in [4.78, 5) is 8.25. The van der Waals surface area contributed by atoms with E-state index in [1.807, 2.05) is 19.9 Å². The summed E-state index contributed by atoms with van der Waals surface area (Å²) in [6.45, 7) is 6.10. The number of aromatic nitrogens is 2. The van der Waals surface area contributed by atoms with E-state index in [0.717, 1.165) is 18.8 Å². The van der Waals surface area contributed by atoms with Gasteiger partial charge in [0, 0.05) is 25.0 Å². The fraction of sp³-hybridized carbons (Fsp3) is 0.556. The lowest BCUT2D eigenvalue weighted by Crippen LogP contribution is -2.11. The third kappa shape index (κ3) is 3.85. The molecule has 0 unspecified atom stereocenters. The van der Waals surface area contributed by atoms with Crippen LogP contribution >= 0.6 is 0 Å². The topological polar surface area (TPSA) is 47.0 Å². The minimum Gasteiger partial charge on any atom is -0.380 e. The Balaban J connectivity index is 2.28. The first-order valence-electron chi connectivity index (χ1n) is 4.44. The predicted octanol–water partition coefficient (Wildman–Crippen LogP) is 1.23. The molecule has 0 atom stereocenters. The summed E-state index contributed by atoms with van der Waals surface area (Å²) < 4.78 is 5.17. The highest BCUT2D eigenvalue weighted by atomic mass is 16.5. The fourth-order valence-corrected chi connectivity index (χ4v) is 0.913. The van der Waals surface area contributed by atoms with E-state index in [2.05, 4.69) is 15.3 Å². The minimum atomic E-state index is 0.666. The molecule has 1 heterocycles. The Hall–Kier alpha value is -1.16. The van der Waals surface area contributed by atoms with Gasteiger partial charge in [0.15, 0.2) is 0 Å². The standard InChI is InChI=1S/C9H15N3O/c1-3-13-7-6-11-9-10-5-4-8(2)12-9/h4-5H,3,6-7H2,1-2H3,(H,10,11,12). The first-order chi connectivity index (χ1) is 6.33. The SMILES string of the molecule is CCOCCNc1nccc(C)n1. The molecular formula is C9H15N3O. The van der Waals surface area contributed by atoms with Gasteiger partial charge in [0.25, 0.3) is 0 Å². The average molecular weight is 181 g/mol. The molecule has 0 aliphatic carbocycles. The van der Waals surface area contributed by atoms with Gasteiger partial charge in [0.2, 0.25) is 5.95 Å². The predicted molar refractivity (Wildman–Crippen MR) is 51.8 cm³/mol. The van der Waals surface area contributed by atoms with E-state index in [9.17, 15) is 0 Å². The van der Waals surface area contributed by atoms with Gasteiger partial charge in [-0.15, -0.1) is 0 Å². The maximum atomic E-state index is 5.17. The smallest absolute Gasteiger partial charge is 0.222 e. The molecule has 0 bridgehead atoms. The van der Waals surface area contributed by atoms with Gasteiger partial charge in [-0.1, -0.05) is 0 Å². The van der Waals surface area contributed by atoms with Gasteiger partial charge < -0.3 is 10.1 Å². The molecule has 0 radical (unpaired) electrons. The second-order valence-corrected chi connectivity index (χ2v) is 2.65. The molecule has 1 rings (SSSR count). The monoisotopic (exact) mass is 181 g/mol. The lowest BCUT2D eigenvalue weighted by Gasteiger charge is -2.04. The number of hydrogen-bond acceptors (Lipinski definition) is 4. The molecule has 4 nitrogen and oxygen atoms in total. The molecule has 1 N–H and O–H groups in total. The fourth-order valence-electron chi connectivity index (χ4n) is 0.913. The van der Waals surface area contributed by atoms with Crippen molar-refractivity contribution in [1.82, 2.24) is 9.97 Å². The Bertz CT molecular complexity index is 252. The molecule has 0 aromatic carbocycles. The number of ether oxygens (including phenoxy) is 1. The van der Waals surface area contributed by atoms with Crippen molar-refractivity contribution < 1.29 is 4.74 Å². The van der Waals surface area contributed by atoms with E-state index in [1.165, 1.54) is 0 Å². The summed E-state index contributed by atoms with van der Waals surface area (Å²) in [5.74, 6) is 0.666. The van der Waals surface area contributed by atoms with E-state index in [1.54, 1.807) is 6.20 Å². The Labute approximate surface area is 78.4 Å². The number of anilines is 1. The van der Waals surface area contributed by atoms with Gasteiger partial charge in [-0.3, -0.25) is 0 Å². The molecule has 0 aliphatic rings. The summed E-state index contributed by atoms with van der Waals surface area (Å²) in [7, 11) is 0. The highest BCUT2D eigenvalue weighted by Gasteiger charge is 1.93. The van der Waals surface area contributed by atoms with Crippen molar-refractivity contribution >= 4 is 5.95 Å². The van der Waals surface area contributed by atoms with E-state index < -0.39 is 0 Å². The van der Waals surface area contributed by atoms with Gasteiger partial charge in [-0.05, 0) is 19.9 Å². The number of nitrogens with one attached hydrogen (secondary N) is 1. The van der Waals surface area contributed by atoms with Crippen LogP contribution in [0.1, 0.15) is 12.6 Å². The Morgan fingerprint density at radius 3 is 3.08 bits per heavy atom. The minimum absolute atomic E-state index is 0.666. The molecule has 0 fully saturated rings. The highest BCUT2D eigenvalue weighted by Crippen LogP contribution is 1.97. The van der Waals surface area contributed by atoms with Crippen molar-refractivity contribution in [3.63, 3.8) is 0 Å². The summed E-state index contributed by atoms with van der Waals surface area (Å²) in [5.41, 5.74) is 0.967. The van der Waals surface area contributed by atoms with Crippen molar-refractivity contribution in [1.29, 1.82) is 0 Å². The van der Waals surface area contributed by atoms with Crippen LogP contribution in [-0.2, 0) is 4.74 Å². The summed E-state index contributed by atoms with van der Waals surface area (Å²) in [5, 5.41) is 3.07.